The van der Waals surface area contributed by atoms with Gasteiger partial charge in [-0.15, -0.1) is 0 Å². The average Bonchev–Trinajstić information content (AvgIpc) is 2.46. The third-order valence-corrected chi connectivity index (χ3v) is 3.87. The second-order valence-electron chi connectivity index (χ2n) is 5.48. The van der Waals surface area contributed by atoms with Gasteiger partial charge in [-0.2, -0.15) is 0 Å². The fraction of sp³-hybridized carbons (Fsp3) is 0.625. The van der Waals surface area contributed by atoms with Crippen molar-refractivity contribution in [3.05, 3.63) is 29.8 Å². The number of aliphatic hydroxyl groups excluding tert-OH is 1. The summed E-state index contributed by atoms with van der Waals surface area (Å²) >= 11 is 0. The lowest BCUT2D eigenvalue weighted by Crippen LogP contribution is -2.35. The first kappa shape index (κ1) is 14.4. The number of hydrogen-bond donors (Lipinski definition) is 1. The molecule has 0 atom stereocenters. The lowest BCUT2D eigenvalue weighted by atomic mass is 9.98. The van der Waals surface area contributed by atoms with Gasteiger partial charge in [0, 0.05) is 13.2 Å². The number of aliphatic hydroxyl groups is 1. The van der Waals surface area contributed by atoms with Crippen molar-refractivity contribution >= 4 is 0 Å². The predicted molar refractivity (Wildman–Crippen MR) is 77.5 cm³/mol. The molecule has 3 heteroatoms. The van der Waals surface area contributed by atoms with Crippen LogP contribution in [0.2, 0.25) is 0 Å². The highest BCUT2D eigenvalue weighted by Gasteiger charge is 2.17. The van der Waals surface area contributed by atoms with Gasteiger partial charge in [-0.3, -0.25) is 0 Å². The number of piperidine rings is 1. The zero-order chi connectivity index (χ0) is 13.5. The van der Waals surface area contributed by atoms with Gasteiger partial charge in [0.1, 0.15) is 5.75 Å². The van der Waals surface area contributed by atoms with Crippen molar-refractivity contribution in [3.63, 3.8) is 0 Å². The highest BCUT2D eigenvalue weighted by atomic mass is 16.5. The molecule has 2 rings (SSSR count). The minimum atomic E-state index is 0.352. The SMILES string of the molecule is Cc1ccc(OCCCN2CCC(CO)CC2)cc1. The zero-order valence-corrected chi connectivity index (χ0v) is 11.8. The van der Waals surface area contributed by atoms with Crippen molar-refractivity contribution in [1.82, 2.24) is 4.90 Å². The molecular weight excluding hydrogens is 238 g/mol. The number of ether oxygens (including phenoxy) is 1. The Labute approximate surface area is 116 Å². The summed E-state index contributed by atoms with van der Waals surface area (Å²) in [6.07, 6.45) is 3.34. The van der Waals surface area contributed by atoms with Gasteiger partial charge in [0.15, 0.2) is 0 Å². The molecule has 1 heterocycles. The van der Waals surface area contributed by atoms with Crippen LogP contribution in [-0.4, -0.2) is 42.9 Å². The van der Waals surface area contributed by atoms with Crippen LogP contribution in [0.4, 0.5) is 0 Å². The Bertz CT molecular complexity index is 356. The molecule has 0 bridgehead atoms. The molecule has 3 nitrogen and oxygen atoms in total. The Morgan fingerprint density at radius 3 is 2.53 bits per heavy atom. The molecule has 1 fully saturated rings. The summed E-state index contributed by atoms with van der Waals surface area (Å²) in [4.78, 5) is 2.48. The van der Waals surface area contributed by atoms with E-state index in [4.69, 9.17) is 9.84 Å². The average molecular weight is 263 g/mol. The van der Waals surface area contributed by atoms with Crippen molar-refractivity contribution in [2.24, 2.45) is 5.92 Å². The number of rotatable bonds is 6. The topological polar surface area (TPSA) is 32.7 Å². The second kappa shape index (κ2) is 7.51. The fourth-order valence-corrected chi connectivity index (χ4v) is 2.51. The minimum Gasteiger partial charge on any atom is -0.494 e. The monoisotopic (exact) mass is 263 g/mol. The van der Waals surface area contributed by atoms with Gasteiger partial charge in [0.25, 0.3) is 0 Å². The fourth-order valence-electron chi connectivity index (χ4n) is 2.51. The van der Waals surface area contributed by atoms with Crippen LogP contribution in [0, 0.1) is 12.8 Å². The molecule has 19 heavy (non-hydrogen) atoms. The number of aryl methyl sites for hydroxylation is 1. The van der Waals surface area contributed by atoms with E-state index in [0.29, 0.717) is 12.5 Å². The molecule has 0 spiro atoms. The molecule has 1 aliphatic heterocycles. The number of benzene rings is 1. The van der Waals surface area contributed by atoms with E-state index in [1.165, 1.54) is 5.56 Å². The lowest BCUT2D eigenvalue weighted by Gasteiger charge is -2.30. The van der Waals surface area contributed by atoms with Crippen molar-refractivity contribution in [2.75, 3.05) is 32.8 Å². The Hall–Kier alpha value is -1.06. The van der Waals surface area contributed by atoms with Crippen molar-refractivity contribution in [2.45, 2.75) is 26.2 Å². The minimum absolute atomic E-state index is 0.352. The number of nitrogens with zero attached hydrogens (tertiary/aromatic N) is 1. The maximum atomic E-state index is 9.10. The van der Waals surface area contributed by atoms with Crippen LogP contribution in [0.25, 0.3) is 0 Å². The molecule has 1 aromatic rings. The van der Waals surface area contributed by atoms with Crippen LogP contribution in [0.1, 0.15) is 24.8 Å². The first-order valence-corrected chi connectivity index (χ1v) is 7.30. The van der Waals surface area contributed by atoms with E-state index < -0.39 is 0 Å². The van der Waals surface area contributed by atoms with Gasteiger partial charge in [-0.05, 0) is 57.3 Å². The second-order valence-corrected chi connectivity index (χ2v) is 5.48. The Morgan fingerprint density at radius 1 is 1.21 bits per heavy atom. The lowest BCUT2D eigenvalue weighted by molar-refractivity contribution is 0.126. The van der Waals surface area contributed by atoms with Crippen molar-refractivity contribution in [3.8, 4) is 5.75 Å². The Kier molecular flexibility index (Phi) is 5.67. The molecule has 0 aromatic heterocycles. The van der Waals surface area contributed by atoms with Gasteiger partial charge in [0.2, 0.25) is 0 Å². The van der Waals surface area contributed by atoms with Crippen LogP contribution in [0.15, 0.2) is 24.3 Å². The molecule has 1 saturated heterocycles. The maximum Gasteiger partial charge on any atom is 0.119 e. The van der Waals surface area contributed by atoms with Crippen LogP contribution in [0.3, 0.4) is 0 Å². The summed E-state index contributed by atoms with van der Waals surface area (Å²) in [5.74, 6) is 1.49. The number of hydrogen-bond acceptors (Lipinski definition) is 3. The maximum absolute atomic E-state index is 9.10. The third kappa shape index (κ3) is 4.84. The van der Waals surface area contributed by atoms with Gasteiger partial charge in [0.05, 0.1) is 6.61 Å². The molecule has 0 unspecified atom stereocenters. The van der Waals surface area contributed by atoms with Gasteiger partial charge in [-0.25, -0.2) is 0 Å². The summed E-state index contributed by atoms with van der Waals surface area (Å²) < 4.78 is 5.73. The van der Waals surface area contributed by atoms with Crippen LogP contribution in [-0.2, 0) is 0 Å². The predicted octanol–water partition coefficient (Wildman–Crippen LogP) is 2.47. The van der Waals surface area contributed by atoms with E-state index in [1.54, 1.807) is 0 Å². The summed E-state index contributed by atoms with van der Waals surface area (Å²) in [6.45, 7) is 6.56. The molecule has 0 aliphatic carbocycles. The molecule has 0 amide bonds. The van der Waals surface area contributed by atoms with Gasteiger partial charge >= 0.3 is 0 Å². The molecule has 1 aromatic carbocycles. The van der Waals surface area contributed by atoms with Crippen LogP contribution in [0.5, 0.6) is 5.75 Å². The molecule has 0 radical (unpaired) electrons. The van der Waals surface area contributed by atoms with Crippen LogP contribution >= 0.6 is 0 Å². The molecular formula is C16H25NO2. The molecule has 1 N–H and O–H groups in total. The summed E-state index contributed by atoms with van der Waals surface area (Å²) in [7, 11) is 0. The Morgan fingerprint density at radius 2 is 1.89 bits per heavy atom. The van der Waals surface area contributed by atoms with E-state index in [0.717, 1.165) is 51.3 Å². The van der Waals surface area contributed by atoms with E-state index in [2.05, 4.69) is 24.0 Å². The van der Waals surface area contributed by atoms with E-state index in [9.17, 15) is 0 Å². The number of likely N-dealkylation sites (tertiary alicyclic amines) is 1. The van der Waals surface area contributed by atoms with Gasteiger partial charge in [-0.1, -0.05) is 17.7 Å². The first-order valence-electron chi connectivity index (χ1n) is 7.30. The van der Waals surface area contributed by atoms with E-state index >= 15 is 0 Å². The molecule has 1 aliphatic rings. The molecule has 106 valence electrons. The highest BCUT2D eigenvalue weighted by molar-refractivity contribution is 5.26. The normalized spacial score (nSPS) is 17.6. The summed E-state index contributed by atoms with van der Waals surface area (Å²) in [5.41, 5.74) is 1.26. The van der Waals surface area contributed by atoms with Crippen molar-refractivity contribution < 1.29 is 9.84 Å². The zero-order valence-electron chi connectivity index (χ0n) is 11.8. The van der Waals surface area contributed by atoms with Crippen LogP contribution < -0.4 is 4.74 Å². The molecule has 0 saturated carbocycles. The van der Waals surface area contributed by atoms with Crippen molar-refractivity contribution in [1.29, 1.82) is 0 Å². The van der Waals surface area contributed by atoms with Gasteiger partial charge < -0.3 is 14.7 Å². The first-order chi connectivity index (χ1) is 9.28. The van der Waals surface area contributed by atoms with E-state index in [1.807, 2.05) is 12.1 Å². The van der Waals surface area contributed by atoms with E-state index in [-0.39, 0.29) is 0 Å². The standard InChI is InChI=1S/C16H25NO2/c1-14-3-5-16(6-4-14)19-12-2-9-17-10-7-15(13-18)8-11-17/h3-6,15,18H,2,7-13H2,1H3. The summed E-state index contributed by atoms with van der Waals surface area (Å²) in [5, 5.41) is 9.10. The largest absolute Gasteiger partial charge is 0.494 e. The highest BCUT2D eigenvalue weighted by Crippen LogP contribution is 2.16. The Balaban J connectivity index is 1.58. The summed E-state index contributed by atoms with van der Waals surface area (Å²) in [6, 6.07) is 8.22. The third-order valence-electron chi connectivity index (χ3n) is 3.87. The smallest absolute Gasteiger partial charge is 0.119 e. The quantitative estimate of drug-likeness (QED) is 0.800.